The molecule has 19 heavy (non-hydrogen) atoms. The molecule has 3 nitrogen and oxygen atoms in total. The Bertz CT molecular complexity index is 539. The Balaban J connectivity index is 2.11. The summed E-state index contributed by atoms with van der Waals surface area (Å²) in [6.45, 7) is 5.25. The first kappa shape index (κ1) is 14.4. The van der Waals surface area contributed by atoms with Crippen molar-refractivity contribution in [3.05, 3.63) is 40.7 Å². The summed E-state index contributed by atoms with van der Waals surface area (Å²) in [4.78, 5) is 0. The summed E-state index contributed by atoms with van der Waals surface area (Å²) < 4.78 is 2.21. The minimum atomic E-state index is 0.812. The SMILES string of the molecule is CCCn1c(CC)nnc1SCc1ccccc1Cl. The van der Waals surface area contributed by atoms with Crippen LogP contribution in [0.5, 0.6) is 0 Å². The van der Waals surface area contributed by atoms with Crippen molar-refractivity contribution in [3.8, 4) is 0 Å². The van der Waals surface area contributed by atoms with E-state index in [1.807, 2.05) is 18.2 Å². The van der Waals surface area contributed by atoms with Crippen LogP contribution in [0, 0.1) is 0 Å². The molecule has 0 unspecified atom stereocenters. The molecule has 0 radical (unpaired) electrons. The summed E-state index contributed by atoms with van der Waals surface area (Å²) in [5.74, 6) is 1.88. The normalized spacial score (nSPS) is 10.9. The number of rotatable bonds is 6. The van der Waals surface area contributed by atoms with Crippen LogP contribution in [0.2, 0.25) is 5.02 Å². The molecule has 0 aliphatic heterocycles. The van der Waals surface area contributed by atoms with Crippen LogP contribution in [-0.4, -0.2) is 14.8 Å². The summed E-state index contributed by atoms with van der Waals surface area (Å²) in [6, 6.07) is 7.93. The topological polar surface area (TPSA) is 30.7 Å². The third kappa shape index (κ3) is 3.51. The van der Waals surface area contributed by atoms with Gasteiger partial charge in [0.05, 0.1) is 0 Å². The number of nitrogens with zero attached hydrogens (tertiary/aromatic N) is 3. The molecule has 2 rings (SSSR count). The van der Waals surface area contributed by atoms with E-state index in [4.69, 9.17) is 11.6 Å². The maximum absolute atomic E-state index is 6.17. The van der Waals surface area contributed by atoms with Crippen LogP contribution in [0.3, 0.4) is 0 Å². The third-order valence-corrected chi connectivity index (χ3v) is 4.26. The van der Waals surface area contributed by atoms with Crippen LogP contribution in [0.4, 0.5) is 0 Å². The Morgan fingerprint density at radius 3 is 2.68 bits per heavy atom. The van der Waals surface area contributed by atoms with E-state index in [1.165, 1.54) is 0 Å². The van der Waals surface area contributed by atoms with Crippen molar-refractivity contribution in [3.63, 3.8) is 0 Å². The van der Waals surface area contributed by atoms with E-state index in [0.717, 1.165) is 46.7 Å². The lowest BCUT2D eigenvalue weighted by Gasteiger charge is -2.08. The molecule has 102 valence electrons. The molecule has 5 heteroatoms. The fraction of sp³-hybridized carbons (Fsp3) is 0.429. The molecule has 0 N–H and O–H groups in total. The standard InChI is InChI=1S/C14H18ClN3S/c1-3-9-18-13(4-2)16-17-14(18)19-10-11-7-5-6-8-12(11)15/h5-8H,3-4,9-10H2,1-2H3. The highest BCUT2D eigenvalue weighted by atomic mass is 35.5. The predicted octanol–water partition coefficient (Wildman–Crippen LogP) is 4.20. The van der Waals surface area contributed by atoms with Gasteiger partial charge in [-0.1, -0.05) is 55.4 Å². The van der Waals surface area contributed by atoms with E-state index < -0.39 is 0 Å². The van der Waals surface area contributed by atoms with Crippen molar-refractivity contribution in [1.82, 2.24) is 14.8 Å². The van der Waals surface area contributed by atoms with Gasteiger partial charge in [0.1, 0.15) is 5.82 Å². The molecule has 0 saturated carbocycles. The maximum Gasteiger partial charge on any atom is 0.191 e. The second-order valence-corrected chi connectivity index (χ2v) is 5.63. The van der Waals surface area contributed by atoms with Crippen molar-refractivity contribution < 1.29 is 0 Å². The molecule has 0 amide bonds. The molecule has 0 atom stereocenters. The first-order valence-corrected chi connectivity index (χ1v) is 7.90. The Morgan fingerprint density at radius 2 is 2.00 bits per heavy atom. The van der Waals surface area contributed by atoms with E-state index >= 15 is 0 Å². The largest absolute Gasteiger partial charge is 0.306 e. The van der Waals surface area contributed by atoms with Gasteiger partial charge in [-0.15, -0.1) is 10.2 Å². The average Bonchev–Trinajstić information content (AvgIpc) is 2.81. The van der Waals surface area contributed by atoms with Gasteiger partial charge in [-0.25, -0.2) is 0 Å². The van der Waals surface area contributed by atoms with E-state index in [2.05, 4.69) is 34.7 Å². The zero-order valence-corrected chi connectivity index (χ0v) is 12.8. The van der Waals surface area contributed by atoms with Crippen LogP contribution in [0.1, 0.15) is 31.7 Å². The molecule has 1 heterocycles. The third-order valence-electron chi connectivity index (χ3n) is 2.87. The molecule has 0 saturated heterocycles. The number of hydrogen-bond acceptors (Lipinski definition) is 3. The van der Waals surface area contributed by atoms with E-state index in [-0.39, 0.29) is 0 Å². The number of halogens is 1. The molecule has 0 fully saturated rings. The van der Waals surface area contributed by atoms with E-state index in [0.29, 0.717) is 0 Å². The van der Waals surface area contributed by atoms with Crippen molar-refractivity contribution in [2.24, 2.45) is 0 Å². The first-order chi connectivity index (χ1) is 9.26. The monoisotopic (exact) mass is 295 g/mol. The fourth-order valence-electron chi connectivity index (χ4n) is 1.89. The Hall–Kier alpha value is -1.00. The number of aromatic nitrogens is 3. The summed E-state index contributed by atoms with van der Waals surface area (Å²) >= 11 is 7.86. The molecule has 2 aromatic rings. The Morgan fingerprint density at radius 1 is 1.21 bits per heavy atom. The van der Waals surface area contributed by atoms with Gasteiger partial charge in [-0.3, -0.25) is 0 Å². The zero-order valence-electron chi connectivity index (χ0n) is 11.3. The first-order valence-electron chi connectivity index (χ1n) is 6.54. The van der Waals surface area contributed by atoms with Gasteiger partial charge in [0, 0.05) is 23.7 Å². The zero-order chi connectivity index (χ0) is 13.7. The lowest BCUT2D eigenvalue weighted by Crippen LogP contribution is -2.04. The second-order valence-electron chi connectivity index (χ2n) is 4.28. The lowest BCUT2D eigenvalue weighted by molar-refractivity contribution is 0.595. The van der Waals surface area contributed by atoms with E-state index in [9.17, 15) is 0 Å². The van der Waals surface area contributed by atoms with Crippen LogP contribution in [0.25, 0.3) is 0 Å². The minimum absolute atomic E-state index is 0.812. The van der Waals surface area contributed by atoms with Crippen LogP contribution in [-0.2, 0) is 18.7 Å². The highest BCUT2D eigenvalue weighted by Gasteiger charge is 2.11. The smallest absolute Gasteiger partial charge is 0.191 e. The summed E-state index contributed by atoms with van der Waals surface area (Å²) in [5.41, 5.74) is 1.14. The molecule has 0 aliphatic carbocycles. The number of hydrogen-bond donors (Lipinski definition) is 0. The molecule has 1 aromatic carbocycles. The lowest BCUT2D eigenvalue weighted by atomic mass is 10.2. The van der Waals surface area contributed by atoms with Crippen molar-refractivity contribution >= 4 is 23.4 Å². The molecule has 0 spiro atoms. The van der Waals surface area contributed by atoms with Gasteiger partial charge in [0.25, 0.3) is 0 Å². The number of benzene rings is 1. The second kappa shape index (κ2) is 6.96. The summed E-state index contributed by atoms with van der Waals surface area (Å²) in [5, 5.41) is 10.3. The van der Waals surface area contributed by atoms with Crippen molar-refractivity contribution in [2.45, 2.75) is 44.1 Å². The minimum Gasteiger partial charge on any atom is -0.306 e. The summed E-state index contributed by atoms with van der Waals surface area (Å²) in [7, 11) is 0. The van der Waals surface area contributed by atoms with Gasteiger partial charge >= 0.3 is 0 Å². The average molecular weight is 296 g/mol. The number of aryl methyl sites for hydroxylation is 1. The molecule has 1 aromatic heterocycles. The molecule has 0 aliphatic rings. The maximum atomic E-state index is 6.17. The Kier molecular flexibility index (Phi) is 5.28. The van der Waals surface area contributed by atoms with Gasteiger partial charge < -0.3 is 4.57 Å². The van der Waals surface area contributed by atoms with E-state index in [1.54, 1.807) is 11.8 Å². The highest BCUT2D eigenvalue weighted by Crippen LogP contribution is 2.26. The van der Waals surface area contributed by atoms with Gasteiger partial charge in [0.15, 0.2) is 5.16 Å². The van der Waals surface area contributed by atoms with Gasteiger partial charge in [0.2, 0.25) is 0 Å². The molecular weight excluding hydrogens is 278 g/mol. The summed E-state index contributed by atoms with van der Waals surface area (Å²) in [6.07, 6.45) is 2.00. The van der Waals surface area contributed by atoms with Crippen molar-refractivity contribution in [1.29, 1.82) is 0 Å². The van der Waals surface area contributed by atoms with Gasteiger partial charge in [-0.05, 0) is 18.1 Å². The number of thioether (sulfide) groups is 1. The van der Waals surface area contributed by atoms with Crippen LogP contribution < -0.4 is 0 Å². The van der Waals surface area contributed by atoms with Crippen molar-refractivity contribution in [2.75, 3.05) is 0 Å². The van der Waals surface area contributed by atoms with Crippen LogP contribution >= 0.6 is 23.4 Å². The molecule has 0 bridgehead atoms. The quantitative estimate of drug-likeness (QED) is 0.749. The Labute approximate surface area is 123 Å². The fourth-order valence-corrected chi connectivity index (χ4v) is 3.16. The van der Waals surface area contributed by atoms with Gasteiger partial charge in [-0.2, -0.15) is 0 Å². The highest BCUT2D eigenvalue weighted by molar-refractivity contribution is 7.98. The molecular formula is C14H18ClN3S. The predicted molar refractivity (Wildman–Crippen MR) is 80.7 cm³/mol. The van der Waals surface area contributed by atoms with Crippen LogP contribution in [0.15, 0.2) is 29.4 Å².